The lowest BCUT2D eigenvalue weighted by Gasteiger charge is -2.25. The smallest absolute Gasteiger partial charge is 0.412 e. The maximum Gasteiger partial charge on any atom is 0.412 e. The molecule has 1 aromatic heterocycles. The fraction of sp³-hybridized carbons (Fsp3) is 0.529. The lowest BCUT2D eigenvalue weighted by Crippen LogP contribution is -2.51. The second kappa shape index (κ2) is 14.7. The van der Waals surface area contributed by atoms with Gasteiger partial charge in [-0.15, -0.1) is 0 Å². The molecule has 4 rings (SSSR count). The number of hydrogen-bond donors (Lipinski definition) is 4. The first-order valence-electron chi connectivity index (χ1n) is 15.9. The van der Waals surface area contributed by atoms with Crippen molar-refractivity contribution < 1.29 is 28.7 Å². The van der Waals surface area contributed by atoms with Crippen LogP contribution in [0.3, 0.4) is 0 Å². The topological polar surface area (TPSA) is 165 Å². The summed E-state index contributed by atoms with van der Waals surface area (Å²) in [6.45, 7) is 9.77. The van der Waals surface area contributed by atoms with Gasteiger partial charge in [0, 0.05) is 25.2 Å². The first kappa shape index (κ1) is 34.4. The number of rotatable bonds is 13. The molecule has 46 heavy (non-hydrogen) atoms. The third kappa shape index (κ3) is 9.51. The third-order valence-electron chi connectivity index (χ3n) is 8.11. The van der Waals surface area contributed by atoms with Gasteiger partial charge < -0.3 is 25.3 Å². The Morgan fingerprint density at radius 2 is 1.76 bits per heavy atom. The van der Waals surface area contributed by atoms with Gasteiger partial charge in [-0.2, -0.15) is 0 Å². The van der Waals surface area contributed by atoms with Crippen LogP contribution >= 0.6 is 0 Å². The van der Waals surface area contributed by atoms with Crippen LogP contribution < -0.4 is 26.8 Å². The summed E-state index contributed by atoms with van der Waals surface area (Å²) < 4.78 is 6.50. The molecule has 1 saturated carbocycles. The lowest BCUT2D eigenvalue weighted by atomic mass is 9.94. The molecule has 1 aliphatic heterocycles. The number of amides is 4. The zero-order chi connectivity index (χ0) is 33.6. The average Bonchev–Trinajstić information content (AvgIpc) is 3.73. The van der Waals surface area contributed by atoms with Crippen molar-refractivity contribution in [3.63, 3.8) is 0 Å². The highest BCUT2D eigenvalue weighted by Crippen LogP contribution is 2.37. The number of nitrogens with zero attached hydrogens (tertiary/aromatic N) is 1. The molecule has 2 aromatic rings. The molecule has 4 N–H and O–H groups in total. The molecule has 0 unspecified atom stereocenters. The van der Waals surface area contributed by atoms with E-state index in [1.807, 2.05) is 24.3 Å². The summed E-state index contributed by atoms with van der Waals surface area (Å²) in [6, 6.07) is 8.34. The van der Waals surface area contributed by atoms with Crippen molar-refractivity contribution in [3.05, 3.63) is 64.1 Å². The second-order valence-corrected chi connectivity index (χ2v) is 13.5. The lowest BCUT2D eigenvalue weighted by molar-refractivity contribution is -0.141. The number of hydrogen-bond acceptors (Lipinski definition) is 7. The van der Waals surface area contributed by atoms with E-state index in [1.165, 1.54) is 22.9 Å². The van der Waals surface area contributed by atoms with Crippen molar-refractivity contribution in [2.75, 3.05) is 11.9 Å². The normalized spacial score (nSPS) is 17.5. The minimum Gasteiger partial charge on any atom is -0.444 e. The molecule has 12 heteroatoms. The number of benzene rings is 1. The number of nitrogens with one attached hydrogen (secondary N) is 4. The Labute approximate surface area is 269 Å². The molecule has 0 radical (unpaired) electrons. The summed E-state index contributed by atoms with van der Waals surface area (Å²) in [7, 11) is 0. The van der Waals surface area contributed by atoms with Gasteiger partial charge in [-0.25, -0.2) is 4.79 Å². The van der Waals surface area contributed by atoms with Crippen LogP contribution in [0, 0.1) is 11.8 Å². The molecule has 4 amide bonds. The number of pyridine rings is 1. The maximum absolute atomic E-state index is 13.9. The van der Waals surface area contributed by atoms with Crippen LogP contribution in [-0.4, -0.2) is 52.4 Å². The van der Waals surface area contributed by atoms with Gasteiger partial charge in [0.2, 0.25) is 17.6 Å². The van der Waals surface area contributed by atoms with E-state index in [4.69, 9.17) is 4.74 Å². The summed E-state index contributed by atoms with van der Waals surface area (Å²) >= 11 is 0. The zero-order valence-electron chi connectivity index (χ0n) is 27.2. The molecule has 0 spiro atoms. The van der Waals surface area contributed by atoms with E-state index in [1.54, 1.807) is 20.8 Å². The van der Waals surface area contributed by atoms with Crippen LogP contribution in [0.25, 0.3) is 0 Å². The zero-order valence-corrected chi connectivity index (χ0v) is 27.2. The molecule has 2 fully saturated rings. The highest BCUT2D eigenvalue weighted by molar-refractivity contribution is 6.38. The van der Waals surface area contributed by atoms with Gasteiger partial charge in [-0.05, 0) is 75.1 Å². The van der Waals surface area contributed by atoms with E-state index in [9.17, 15) is 28.8 Å². The van der Waals surface area contributed by atoms with Gasteiger partial charge >= 0.3 is 6.09 Å². The number of carbonyl (C=O) groups excluding carboxylic acids is 5. The monoisotopic (exact) mass is 635 g/mol. The van der Waals surface area contributed by atoms with Gasteiger partial charge in [-0.1, -0.05) is 51.0 Å². The van der Waals surface area contributed by atoms with Crippen LogP contribution in [0.4, 0.5) is 10.5 Å². The first-order valence-corrected chi connectivity index (χ1v) is 15.9. The number of Topliss-reactive ketones (excluding diaryl/α,β-unsaturated/α-hetero) is 1. The van der Waals surface area contributed by atoms with Crippen molar-refractivity contribution in [2.45, 2.75) is 96.9 Å². The largest absolute Gasteiger partial charge is 0.444 e. The Morgan fingerprint density at radius 3 is 2.39 bits per heavy atom. The Kier molecular flexibility index (Phi) is 11.0. The van der Waals surface area contributed by atoms with E-state index in [0.717, 1.165) is 24.0 Å². The van der Waals surface area contributed by atoms with Crippen LogP contribution in [-0.2, 0) is 30.5 Å². The summed E-state index contributed by atoms with van der Waals surface area (Å²) in [6.07, 6.45) is 3.15. The van der Waals surface area contributed by atoms with Crippen molar-refractivity contribution >= 4 is 35.3 Å². The van der Waals surface area contributed by atoms with Crippen LogP contribution in [0.2, 0.25) is 0 Å². The quantitative estimate of drug-likeness (QED) is 0.245. The summed E-state index contributed by atoms with van der Waals surface area (Å²) in [5.41, 5.74) is 0.453. The molecule has 2 heterocycles. The third-order valence-corrected chi connectivity index (χ3v) is 8.11. The second-order valence-electron chi connectivity index (χ2n) is 13.5. The van der Waals surface area contributed by atoms with Crippen molar-refractivity contribution in [1.82, 2.24) is 20.5 Å². The summed E-state index contributed by atoms with van der Waals surface area (Å²) in [5, 5.41) is 10.6. The highest BCUT2D eigenvalue weighted by Gasteiger charge is 2.37. The minimum absolute atomic E-state index is 0.0576. The first-order chi connectivity index (χ1) is 21.7. The maximum atomic E-state index is 13.9. The molecule has 3 atom stereocenters. The fourth-order valence-electron chi connectivity index (χ4n) is 5.42. The molecule has 248 valence electrons. The van der Waals surface area contributed by atoms with E-state index in [0.29, 0.717) is 25.3 Å². The number of ether oxygens (including phenoxy) is 1. The van der Waals surface area contributed by atoms with E-state index in [-0.39, 0.29) is 30.5 Å². The van der Waals surface area contributed by atoms with Crippen LogP contribution in [0.1, 0.15) is 89.8 Å². The Bertz CT molecular complexity index is 1520. The van der Waals surface area contributed by atoms with E-state index >= 15 is 0 Å². The standard InChI is InChI=1S/C34H45N5O7/c1-20(2)23-9-6-8-22(16-23)19-36-31(43)28(40)26(18-24-13-14-35-29(24)41)37-30(42)27(17-21-11-12-21)39-15-7-10-25(32(39)44)38-33(45)46-34(3,4)5/h6-10,15-16,20-21,24,26-27H,11-14,17-19H2,1-5H3,(H,35,41)(H,36,43)(H,37,42)(H,38,45)/t24-,26-,27-/m0/s1. The summed E-state index contributed by atoms with van der Waals surface area (Å²) in [5.74, 6) is -2.69. The summed E-state index contributed by atoms with van der Waals surface area (Å²) in [4.78, 5) is 78.8. The Hall–Kier alpha value is -4.48. The predicted octanol–water partition coefficient (Wildman–Crippen LogP) is 3.56. The van der Waals surface area contributed by atoms with Crippen molar-refractivity contribution in [2.24, 2.45) is 11.8 Å². The Morgan fingerprint density at radius 1 is 1.02 bits per heavy atom. The molecule has 1 saturated heterocycles. The van der Waals surface area contributed by atoms with Crippen LogP contribution in [0.15, 0.2) is 47.4 Å². The molecule has 12 nitrogen and oxygen atoms in total. The molecule has 2 aliphatic rings. The van der Waals surface area contributed by atoms with Gasteiger partial charge in [-0.3, -0.25) is 29.3 Å². The van der Waals surface area contributed by atoms with Gasteiger partial charge in [0.15, 0.2) is 0 Å². The molecule has 0 bridgehead atoms. The molecule has 1 aliphatic carbocycles. The molecular weight excluding hydrogens is 590 g/mol. The predicted molar refractivity (Wildman–Crippen MR) is 172 cm³/mol. The fourth-order valence-corrected chi connectivity index (χ4v) is 5.42. The van der Waals surface area contributed by atoms with Crippen molar-refractivity contribution in [1.29, 1.82) is 0 Å². The van der Waals surface area contributed by atoms with E-state index in [2.05, 4.69) is 35.1 Å². The molecule has 1 aromatic carbocycles. The highest BCUT2D eigenvalue weighted by atomic mass is 16.6. The SMILES string of the molecule is CC(C)c1cccc(CNC(=O)C(=O)[C@H](C[C@@H]2CCNC2=O)NC(=O)[C@H](CC2CC2)n2cccc(NC(=O)OC(C)(C)C)c2=O)c1. The number of ketones is 1. The number of anilines is 1. The Balaban J connectivity index is 1.54. The van der Waals surface area contributed by atoms with Crippen molar-refractivity contribution in [3.8, 4) is 0 Å². The van der Waals surface area contributed by atoms with E-state index < -0.39 is 52.9 Å². The van der Waals surface area contributed by atoms with Crippen LogP contribution in [0.5, 0.6) is 0 Å². The average molecular weight is 636 g/mol. The molecular formula is C34H45N5O7. The number of aromatic nitrogens is 1. The van der Waals surface area contributed by atoms with Gasteiger partial charge in [0.1, 0.15) is 17.3 Å². The minimum atomic E-state index is -1.29. The van der Waals surface area contributed by atoms with Gasteiger partial charge in [0.25, 0.3) is 11.5 Å². The number of carbonyl (C=O) groups is 5. The van der Waals surface area contributed by atoms with Gasteiger partial charge in [0.05, 0.1) is 6.04 Å².